The molecule has 0 radical (unpaired) electrons. The maximum atomic E-state index is 8.78. The standard InChI is InChI=1S/C14H18N2O/c15-10-13-3-1-5-14(9-13)17-8-6-12-4-2-7-16-11-12/h1,3,5,9,12,16H,2,4,6-8,11H2. The summed E-state index contributed by atoms with van der Waals surface area (Å²) in [4.78, 5) is 0. The molecule has 0 saturated carbocycles. The normalized spacial score (nSPS) is 19.6. The van der Waals surface area contributed by atoms with Crippen LogP contribution in [0.15, 0.2) is 24.3 Å². The van der Waals surface area contributed by atoms with E-state index in [1.54, 1.807) is 12.1 Å². The van der Waals surface area contributed by atoms with Crippen molar-refractivity contribution in [3.63, 3.8) is 0 Å². The van der Waals surface area contributed by atoms with Gasteiger partial charge in [0.1, 0.15) is 5.75 Å². The van der Waals surface area contributed by atoms with Crippen LogP contribution in [0.4, 0.5) is 0 Å². The first-order valence-electron chi connectivity index (χ1n) is 6.22. The lowest BCUT2D eigenvalue weighted by atomic mass is 9.97. The fourth-order valence-corrected chi connectivity index (χ4v) is 2.17. The van der Waals surface area contributed by atoms with E-state index in [1.807, 2.05) is 12.1 Å². The second kappa shape index (κ2) is 6.27. The van der Waals surface area contributed by atoms with Gasteiger partial charge in [-0.05, 0) is 56.5 Å². The number of nitriles is 1. The van der Waals surface area contributed by atoms with Gasteiger partial charge >= 0.3 is 0 Å². The van der Waals surface area contributed by atoms with Gasteiger partial charge in [0, 0.05) is 0 Å². The van der Waals surface area contributed by atoms with Crippen LogP contribution in [-0.2, 0) is 0 Å². The van der Waals surface area contributed by atoms with E-state index in [2.05, 4.69) is 11.4 Å². The molecule has 1 heterocycles. The van der Waals surface area contributed by atoms with E-state index < -0.39 is 0 Å². The molecular formula is C14H18N2O. The Labute approximate surface area is 102 Å². The van der Waals surface area contributed by atoms with Crippen LogP contribution < -0.4 is 10.1 Å². The van der Waals surface area contributed by atoms with Crippen LogP contribution in [-0.4, -0.2) is 19.7 Å². The van der Waals surface area contributed by atoms with Crippen LogP contribution in [0.1, 0.15) is 24.8 Å². The van der Waals surface area contributed by atoms with E-state index in [9.17, 15) is 0 Å². The van der Waals surface area contributed by atoms with Gasteiger partial charge < -0.3 is 10.1 Å². The first kappa shape index (κ1) is 11.9. The molecule has 0 spiro atoms. The van der Waals surface area contributed by atoms with Crippen LogP contribution in [0.2, 0.25) is 0 Å². The quantitative estimate of drug-likeness (QED) is 0.863. The largest absolute Gasteiger partial charge is 0.494 e. The third kappa shape index (κ3) is 3.76. The maximum Gasteiger partial charge on any atom is 0.120 e. The average Bonchev–Trinajstić information content (AvgIpc) is 2.40. The highest BCUT2D eigenvalue weighted by molar-refractivity contribution is 5.36. The van der Waals surface area contributed by atoms with Crippen molar-refractivity contribution in [2.75, 3.05) is 19.7 Å². The van der Waals surface area contributed by atoms with Crippen molar-refractivity contribution in [1.29, 1.82) is 5.26 Å². The van der Waals surface area contributed by atoms with Gasteiger partial charge in [-0.25, -0.2) is 0 Å². The Bertz CT molecular complexity index is 391. The smallest absolute Gasteiger partial charge is 0.120 e. The Hall–Kier alpha value is -1.53. The van der Waals surface area contributed by atoms with Crippen LogP contribution >= 0.6 is 0 Å². The van der Waals surface area contributed by atoms with Gasteiger partial charge in [0.05, 0.1) is 18.2 Å². The molecule has 3 nitrogen and oxygen atoms in total. The summed E-state index contributed by atoms with van der Waals surface area (Å²) in [5.41, 5.74) is 0.654. The molecule has 1 aliphatic rings. The van der Waals surface area contributed by atoms with E-state index in [-0.39, 0.29) is 0 Å². The molecule has 3 heteroatoms. The molecule has 1 N–H and O–H groups in total. The monoisotopic (exact) mass is 230 g/mol. The summed E-state index contributed by atoms with van der Waals surface area (Å²) in [7, 11) is 0. The number of benzene rings is 1. The molecule has 1 aromatic carbocycles. The summed E-state index contributed by atoms with van der Waals surface area (Å²) in [5.74, 6) is 1.54. The number of piperidine rings is 1. The Balaban J connectivity index is 1.75. The van der Waals surface area contributed by atoms with Gasteiger partial charge in [0.25, 0.3) is 0 Å². The van der Waals surface area contributed by atoms with E-state index in [4.69, 9.17) is 10.00 Å². The van der Waals surface area contributed by atoms with Crippen molar-refractivity contribution in [2.45, 2.75) is 19.3 Å². The van der Waals surface area contributed by atoms with Gasteiger partial charge in [-0.2, -0.15) is 5.26 Å². The fraction of sp³-hybridized carbons (Fsp3) is 0.500. The zero-order valence-corrected chi connectivity index (χ0v) is 9.98. The first-order valence-corrected chi connectivity index (χ1v) is 6.22. The zero-order valence-electron chi connectivity index (χ0n) is 9.98. The van der Waals surface area contributed by atoms with Crippen molar-refractivity contribution < 1.29 is 4.74 Å². The predicted molar refractivity (Wildman–Crippen MR) is 66.9 cm³/mol. The Kier molecular flexibility index (Phi) is 4.40. The number of hydrogen-bond donors (Lipinski definition) is 1. The Morgan fingerprint density at radius 2 is 2.41 bits per heavy atom. The van der Waals surface area contributed by atoms with Crippen LogP contribution in [0.5, 0.6) is 5.75 Å². The fourth-order valence-electron chi connectivity index (χ4n) is 2.17. The van der Waals surface area contributed by atoms with Crippen molar-refractivity contribution in [1.82, 2.24) is 5.32 Å². The molecule has 0 aliphatic carbocycles. The van der Waals surface area contributed by atoms with Crippen molar-refractivity contribution in [3.05, 3.63) is 29.8 Å². The molecule has 0 amide bonds. The molecule has 1 fully saturated rings. The van der Waals surface area contributed by atoms with Crippen molar-refractivity contribution >= 4 is 0 Å². The van der Waals surface area contributed by atoms with Gasteiger partial charge in [0.15, 0.2) is 0 Å². The second-order valence-corrected chi connectivity index (χ2v) is 4.49. The first-order chi connectivity index (χ1) is 8.38. The molecule has 1 aliphatic heterocycles. The minimum absolute atomic E-state index is 0.654. The number of hydrogen-bond acceptors (Lipinski definition) is 3. The number of ether oxygens (including phenoxy) is 1. The average molecular weight is 230 g/mol. The molecule has 1 unspecified atom stereocenters. The molecule has 17 heavy (non-hydrogen) atoms. The molecule has 0 aromatic heterocycles. The minimum Gasteiger partial charge on any atom is -0.494 e. The van der Waals surface area contributed by atoms with Crippen LogP contribution in [0, 0.1) is 17.2 Å². The van der Waals surface area contributed by atoms with E-state index >= 15 is 0 Å². The highest BCUT2D eigenvalue weighted by Crippen LogP contribution is 2.16. The third-order valence-corrected chi connectivity index (χ3v) is 3.16. The molecule has 0 bridgehead atoms. The summed E-state index contributed by atoms with van der Waals surface area (Å²) < 4.78 is 5.67. The number of nitrogens with one attached hydrogen (secondary N) is 1. The van der Waals surface area contributed by atoms with E-state index in [0.29, 0.717) is 5.56 Å². The highest BCUT2D eigenvalue weighted by atomic mass is 16.5. The van der Waals surface area contributed by atoms with Crippen LogP contribution in [0.3, 0.4) is 0 Å². The lowest BCUT2D eigenvalue weighted by Gasteiger charge is -2.22. The molecule has 1 saturated heterocycles. The van der Waals surface area contributed by atoms with E-state index in [1.165, 1.54) is 12.8 Å². The maximum absolute atomic E-state index is 8.78. The summed E-state index contributed by atoms with van der Waals surface area (Å²) in [6.45, 7) is 3.00. The minimum atomic E-state index is 0.654. The van der Waals surface area contributed by atoms with Gasteiger partial charge in [-0.1, -0.05) is 6.07 Å². The lowest BCUT2D eigenvalue weighted by molar-refractivity contribution is 0.254. The third-order valence-electron chi connectivity index (χ3n) is 3.16. The second-order valence-electron chi connectivity index (χ2n) is 4.49. The zero-order chi connectivity index (χ0) is 11.9. The topological polar surface area (TPSA) is 45.0 Å². The molecule has 90 valence electrons. The van der Waals surface area contributed by atoms with Gasteiger partial charge in [-0.3, -0.25) is 0 Å². The summed E-state index contributed by atoms with van der Waals surface area (Å²) in [6.07, 6.45) is 3.66. The summed E-state index contributed by atoms with van der Waals surface area (Å²) in [6, 6.07) is 9.46. The molecule has 1 atom stereocenters. The van der Waals surface area contributed by atoms with E-state index in [0.717, 1.165) is 37.8 Å². The lowest BCUT2D eigenvalue weighted by Crippen LogP contribution is -2.30. The SMILES string of the molecule is N#Cc1cccc(OCCC2CCCNC2)c1. The highest BCUT2D eigenvalue weighted by Gasteiger charge is 2.12. The molecular weight excluding hydrogens is 212 g/mol. The molecule has 1 aromatic rings. The van der Waals surface area contributed by atoms with Gasteiger partial charge in [-0.15, -0.1) is 0 Å². The summed E-state index contributed by atoms with van der Waals surface area (Å²) in [5, 5.41) is 12.2. The summed E-state index contributed by atoms with van der Waals surface area (Å²) >= 11 is 0. The van der Waals surface area contributed by atoms with Crippen molar-refractivity contribution in [3.8, 4) is 11.8 Å². The predicted octanol–water partition coefficient (Wildman–Crippen LogP) is 2.33. The van der Waals surface area contributed by atoms with Crippen LogP contribution in [0.25, 0.3) is 0 Å². The Morgan fingerprint density at radius 1 is 1.47 bits per heavy atom. The molecule has 2 rings (SSSR count). The number of rotatable bonds is 4. The number of nitrogens with zero attached hydrogens (tertiary/aromatic N) is 1. The van der Waals surface area contributed by atoms with Crippen molar-refractivity contribution in [2.24, 2.45) is 5.92 Å². The van der Waals surface area contributed by atoms with Gasteiger partial charge in [0.2, 0.25) is 0 Å². The Morgan fingerprint density at radius 3 is 3.18 bits per heavy atom.